The molecule has 0 bridgehead atoms. The number of hydrogen-bond donors (Lipinski definition) is 0. The second-order valence-corrected chi connectivity index (χ2v) is 2.90. The highest BCUT2D eigenvalue weighted by Crippen LogP contribution is 2.17. The first-order chi connectivity index (χ1) is 7.22. The lowest BCUT2D eigenvalue weighted by Crippen LogP contribution is -2.01. The van der Waals surface area contributed by atoms with Crippen LogP contribution in [0.5, 0.6) is 0 Å². The van der Waals surface area contributed by atoms with E-state index in [-0.39, 0.29) is 11.1 Å². The third-order valence-corrected chi connectivity index (χ3v) is 2.02. The molecule has 15 heavy (non-hydrogen) atoms. The van der Waals surface area contributed by atoms with Crippen molar-refractivity contribution in [3.63, 3.8) is 0 Å². The van der Waals surface area contributed by atoms with Gasteiger partial charge in [0.2, 0.25) is 0 Å². The van der Waals surface area contributed by atoms with E-state index in [2.05, 4.69) is 4.84 Å². The van der Waals surface area contributed by atoms with Gasteiger partial charge in [-0.25, -0.2) is 4.84 Å². The van der Waals surface area contributed by atoms with Crippen LogP contribution in [0.2, 0.25) is 0 Å². The zero-order valence-corrected chi connectivity index (χ0v) is 7.97. The summed E-state index contributed by atoms with van der Waals surface area (Å²) in [5.74, 6) is 0. The van der Waals surface area contributed by atoms with Crippen LogP contribution in [-0.4, -0.2) is 12.0 Å². The van der Waals surface area contributed by atoms with Crippen LogP contribution in [-0.2, 0) is 4.84 Å². The molecule has 0 saturated carbocycles. The second kappa shape index (κ2) is 3.53. The SMILES string of the molecule is CO[N+](=O)c1ccc2occc(=O)c2c1. The topological polar surface area (TPSA) is 59.5 Å². The van der Waals surface area contributed by atoms with Crippen molar-refractivity contribution in [3.05, 3.63) is 45.7 Å². The predicted molar refractivity (Wildman–Crippen MR) is 52.8 cm³/mol. The van der Waals surface area contributed by atoms with E-state index in [0.29, 0.717) is 15.9 Å². The Morgan fingerprint density at radius 1 is 1.33 bits per heavy atom. The number of rotatable bonds is 2. The van der Waals surface area contributed by atoms with Crippen LogP contribution < -0.4 is 5.43 Å². The van der Waals surface area contributed by atoms with Crippen LogP contribution >= 0.6 is 0 Å². The minimum Gasteiger partial charge on any atom is -0.464 e. The van der Waals surface area contributed by atoms with Crippen LogP contribution in [0.4, 0.5) is 5.69 Å². The van der Waals surface area contributed by atoms with Gasteiger partial charge in [0, 0.05) is 18.2 Å². The molecular formula is C10H8NO4+. The van der Waals surface area contributed by atoms with Gasteiger partial charge in [-0.05, 0) is 6.07 Å². The normalized spacial score (nSPS) is 10.2. The molecule has 0 N–H and O–H groups in total. The van der Waals surface area contributed by atoms with Gasteiger partial charge in [-0.3, -0.25) is 4.79 Å². The quantitative estimate of drug-likeness (QED) is 0.702. The number of benzene rings is 1. The van der Waals surface area contributed by atoms with Crippen LogP contribution in [0.25, 0.3) is 11.0 Å². The largest absolute Gasteiger partial charge is 0.464 e. The average molecular weight is 206 g/mol. The first-order valence-electron chi connectivity index (χ1n) is 4.25. The summed E-state index contributed by atoms with van der Waals surface area (Å²) in [6, 6.07) is 5.80. The Kier molecular flexibility index (Phi) is 2.21. The smallest absolute Gasteiger partial charge is 0.317 e. The predicted octanol–water partition coefficient (Wildman–Crippen LogP) is 1.76. The molecule has 2 rings (SSSR count). The zero-order chi connectivity index (χ0) is 10.8. The summed E-state index contributed by atoms with van der Waals surface area (Å²) in [5, 5.41) is 0.355. The summed E-state index contributed by atoms with van der Waals surface area (Å²) >= 11 is 0. The number of fused-ring (bicyclic) bond motifs is 1. The van der Waals surface area contributed by atoms with Gasteiger partial charge in [-0.2, -0.15) is 0 Å². The molecule has 0 aliphatic heterocycles. The van der Waals surface area contributed by atoms with E-state index in [1.807, 2.05) is 0 Å². The molecule has 0 aliphatic rings. The first-order valence-corrected chi connectivity index (χ1v) is 4.25. The van der Waals surface area contributed by atoms with Crippen molar-refractivity contribution in [2.45, 2.75) is 0 Å². The standard InChI is InChI=1S/C10H8NO4/c1-14-11(13)7-2-3-10-8(6-7)9(12)4-5-15-10/h2-6H,1H3/q+1. The molecule has 5 heteroatoms. The van der Waals surface area contributed by atoms with Crippen molar-refractivity contribution in [3.8, 4) is 0 Å². The van der Waals surface area contributed by atoms with E-state index in [9.17, 15) is 9.70 Å². The minimum absolute atomic E-state index is 0.192. The molecule has 0 fully saturated rings. The molecule has 0 atom stereocenters. The van der Waals surface area contributed by atoms with Crippen LogP contribution in [0, 0.1) is 4.91 Å². The highest BCUT2D eigenvalue weighted by atomic mass is 16.8. The van der Waals surface area contributed by atoms with Gasteiger partial charge in [0.15, 0.2) is 12.5 Å². The Labute approximate surface area is 84.4 Å². The monoisotopic (exact) mass is 206 g/mol. The zero-order valence-electron chi connectivity index (χ0n) is 7.97. The molecule has 2 aromatic rings. The lowest BCUT2D eigenvalue weighted by atomic mass is 10.2. The molecule has 0 unspecified atom stereocenters. The molecule has 0 radical (unpaired) electrons. The van der Waals surface area contributed by atoms with Gasteiger partial charge in [-0.1, -0.05) is 0 Å². The maximum absolute atomic E-state index is 11.4. The fraction of sp³-hybridized carbons (Fsp3) is 0.100. The minimum atomic E-state index is -0.192. The second-order valence-electron chi connectivity index (χ2n) is 2.90. The Hall–Kier alpha value is -2.17. The van der Waals surface area contributed by atoms with E-state index in [1.165, 1.54) is 31.6 Å². The van der Waals surface area contributed by atoms with Crippen LogP contribution in [0.15, 0.2) is 39.7 Å². The summed E-state index contributed by atoms with van der Waals surface area (Å²) < 4.78 is 5.10. The molecular weight excluding hydrogens is 198 g/mol. The summed E-state index contributed by atoms with van der Waals surface area (Å²) in [6.07, 6.45) is 1.32. The van der Waals surface area contributed by atoms with E-state index in [1.54, 1.807) is 6.07 Å². The van der Waals surface area contributed by atoms with E-state index >= 15 is 0 Å². The fourth-order valence-electron chi connectivity index (χ4n) is 1.29. The Morgan fingerprint density at radius 3 is 2.87 bits per heavy atom. The highest BCUT2D eigenvalue weighted by molar-refractivity contribution is 5.78. The molecule has 5 nitrogen and oxygen atoms in total. The van der Waals surface area contributed by atoms with Gasteiger partial charge >= 0.3 is 5.69 Å². The van der Waals surface area contributed by atoms with Gasteiger partial charge < -0.3 is 4.42 Å². The van der Waals surface area contributed by atoms with E-state index < -0.39 is 0 Å². The molecule has 1 aromatic carbocycles. The van der Waals surface area contributed by atoms with Gasteiger partial charge in [0.1, 0.15) is 5.58 Å². The van der Waals surface area contributed by atoms with E-state index in [4.69, 9.17) is 4.42 Å². The fourth-order valence-corrected chi connectivity index (χ4v) is 1.29. The first kappa shape index (κ1) is 9.39. The molecule has 0 saturated heterocycles. The lowest BCUT2D eigenvalue weighted by Gasteiger charge is -1.93. The van der Waals surface area contributed by atoms with Crippen LogP contribution in [0.3, 0.4) is 0 Å². The molecule has 0 spiro atoms. The van der Waals surface area contributed by atoms with Gasteiger partial charge in [-0.15, -0.1) is 0 Å². The Bertz CT molecular complexity index is 573. The number of nitrogens with zero attached hydrogens (tertiary/aromatic N) is 1. The van der Waals surface area contributed by atoms with Gasteiger partial charge in [0.05, 0.1) is 16.6 Å². The summed E-state index contributed by atoms with van der Waals surface area (Å²) in [5.41, 5.74) is 0.502. The number of hydrogen-bond acceptors (Lipinski definition) is 4. The van der Waals surface area contributed by atoms with Crippen molar-refractivity contribution >= 4 is 16.7 Å². The van der Waals surface area contributed by atoms with Crippen molar-refractivity contribution < 1.29 is 14.2 Å². The third kappa shape index (κ3) is 1.59. The molecule has 76 valence electrons. The van der Waals surface area contributed by atoms with Crippen molar-refractivity contribution in [1.82, 2.24) is 0 Å². The highest BCUT2D eigenvalue weighted by Gasteiger charge is 2.15. The summed E-state index contributed by atoms with van der Waals surface area (Å²) in [7, 11) is 1.25. The molecule has 1 aromatic heterocycles. The molecule has 0 amide bonds. The summed E-state index contributed by atoms with van der Waals surface area (Å²) in [4.78, 5) is 27.3. The van der Waals surface area contributed by atoms with Crippen LogP contribution in [0.1, 0.15) is 0 Å². The van der Waals surface area contributed by atoms with Crippen molar-refractivity contribution in [1.29, 1.82) is 0 Å². The maximum atomic E-state index is 11.4. The van der Waals surface area contributed by atoms with Crippen molar-refractivity contribution in [2.75, 3.05) is 7.11 Å². The summed E-state index contributed by atoms with van der Waals surface area (Å²) in [6.45, 7) is 0. The molecule has 0 aliphatic carbocycles. The van der Waals surface area contributed by atoms with Gasteiger partial charge in [0.25, 0.3) is 4.92 Å². The van der Waals surface area contributed by atoms with Crippen molar-refractivity contribution in [2.24, 2.45) is 0 Å². The van der Waals surface area contributed by atoms with E-state index in [0.717, 1.165) is 0 Å². The maximum Gasteiger partial charge on any atom is 0.317 e. The Morgan fingerprint density at radius 2 is 2.13 bits per heavy atom. The average Bonchev–Trinajstić information content (AvgIpc) is 2.28. The lowest BCUT2D eigenvalue weighted by molar-refractivity contribution is -0.736. The molecule has 1 heterocycles. The Balaban J connectivity index is 2.70. The third-order valence-electron chi connectivity index (χ3n) is 2.02.